The van der Waals surface area contributed by atoms with Gasteiger partial charge in [0.15, 0.2) is 11.6 Å². The number of rotatable bonds is 6. The summed E-state index contributed by atoms with van der Waals surface area (Å²) in [4.78, 5) is 23.7. The number of ether oxygens (including phenoxy) is 1. The van der Waals surface area contributed by atoms with Crippen LogP contribution >= 0.6 is 0 Å². The van der Waals surface area contributed by atoms with Gasteiger partial charge in [0.1, 0.15) is 0 Å². The van der Waals surface area contributed by atoms with Crippen molar-refractivity contribution in [3.05, 3.63) is 29.6 Å². The van der Waals surface area contributed by atoms with E-state index in [0.29, 0.717) is 0 Å². The van der Waals surface area contributed by atoms with Crippen molar-refractivity contribution in [2.24, 2.45) is 0 Å². The highest BCUT2D eigenvalue weighted by Gasteiger charge is 2.32. The molecule has 0 spiro atoms. The van der Waals surface area contributed by atoms with Crippen LogP contribution in [0.5, 0.6) is 5.75 Å². The minimum Gasteiger partial charge on any atom is -0.494 e. The third-order valence-electron chi connectivity index (χ3n) is 4.12. The molecule has 1 aromatic rings. The lowest BCUT2D eigenvalue weighted by molar-refractivity contribution is -0.137. The molecule has 1 aromatic carbocycles. The van der Waals surface area contributed by atoms with Gasteiger partial charge in [-0.3, -0.25) is 4.79 Å². The van der Waals surface area contributed by atoms with Crippen molar-refractivity contribution < 1.29 is 23.8 Å². The monoisotopic (exact) mass is 324 g/mol. The molecule has 23 heavy (non-hydrogen) atoms. The van der Waals surface area contributed by atoms with E-state index in [9.17, 15) is 14.0 Å². The van der Waals surface area contributed by atoms with Crippen LogP contribution in [0.15, 0.2) is 18.2 Å². The van der Waals surface area contributed by atoms with E-state index in [2.05, 4.69) is 5.32 Å². The van der Waals surface area contributed by atoms with Crippen LogP contribution in [0, 0.1) is 5.82 Å². The fraction of sp³-hybridized carbons (Fsp3) is 0.500. The van der Waals surface area contributed by atoms with Crippen molar-refractivity contribution in [3.8, 4) is 5.75 Å². The molecule has 126 valence electrons. The molecule has 0 radical (unpaired) electrons. The molecule has 0 unspecified atom stereocenters. The summed E-state index contributed by atoms with van der Waals surface area (Å²) in [6.07, 6.45) is 1.40. The minimum atomic E-state index is -0.935. The second-order valence-electron chi connectivity index (χ2n) is 5.77. The standard InChI is InChI=1S/C16H21FN2O4/c1-19(6-5-15(20)21)16(22)18-12-7-11(8-12)10-3-4-14(23-2)13(17)9-10/h3-4,9,11-12H,5-8H2,1-2H3,(H,18,22)(H,20,21). The topological polar surface area (TPSA) is 78.9 Å². The number of hydrogen-bond acceptors (Lipinski definition) is 3. The molecule has 1 aliphatic carbocycles. The lowest BCUT2D eigenvalue weighted by Gasteiger charge is -2.37. The van der Waals surface area contributed by atoms with E-state index in [1.54, 1.807) is 13.1 Å². The second kappa shape index (κ2) is 7.30. The Morgan fingerprint density at radius 1 is 1.43 bits per heavy atom. The van der Waals surface area contributed by atoms with Crippen molar-refractivity contribution in [1.82, 2.24) is 10.2 Å². The number of carbonyl (C=O) groups is 2. The summed E-state index contributed by atoms with van der Waals surface area (Å²) in [6, 6.07) is 4.67. The van der Waals surface area contributed by atoms with Crippen LogP contribution in [-0.2, 0) is 4.79 Å². The van der Waals surface area contributed by atoms with Gasteiger partial charge in [0.25, 0.3) is 0 Å². The summed E-state index contributed by atoms with van der Waals surface area (Å²) in [6.45, 7) is 0.168. The molecule has 2 rings (SSSR count). The summed E-state index contributed by atoms with van der Waals surface area (Å²) >= 11 is 0. The number of methoxy groups -OCH3 is 1. The molecule has 1 aliphatic rings. The van der Waals surface area contributed by atoms with Gasteiger partial charge in [-0.2, -0.15) is 0 Å². The van der Waals surface area contributed by atoms with Crippen LogP contribution in [-0.4, -0.2) is 48.8 Å². The number of carbonyl (C=O) groups excluding carboxylic acids is 1. The summed E-state index contributed by atoms with van der Waals surface area (Å²) < 4.78 is 18.6. The zero-order chi connectivity index (χ0) is 17.0. The number of hydrogen-bond donors (Lipinski definition) is 2. The molecule has 7 heteroatoms. The number of nitrogens with zero attached hydrogens (tertiary/aromatic N) is 1. The second-order valence-corrected chi connectivity index (χ2v) is 5.77. The lowest BCUT2D eigenvalue weighted by atomic mass is 9.76. The highest BCUT2D eigenvalue weighted by Crippen LogP contribution is 2.38. The number of carboxylic acid groups (broad SMARTS) is 1. The Kier molecular flexibility index (Phi) is 5.41. The van der Waals surface area contributed by atoms with Crippen molar-refractivity contribution in [1.29, 1.82) is 0 Å². The SMILES string of the molecule is COc1ccc(C2CC(NC(=O)N(C)CCC(=O)O)C2)cc1F. The molecule has 1 fully saturated rings. The van der Waals surface area contributed by atoms with E-state index < -0.39 is 5.97 Å². The van der Waals surface area contributed by atoms with Gasteiger partial charge in [0.05, 0.1) is 13.5 Å². The van der Waals surface area contributed by atoms with Crippen LogP contribution in [0.1, 0.15) is 30.7 Å². The predicted molar refractivity (Wildman–Crippen MR) is 82.1 cm³/mol. The largest absolute Gasteiger partial charge is 0.494 e. The molecule has 0 saturated heterocycles. The van der Waals surface area contributed by atoms with Crippen molar-refractivity contribution in [3.63, 3.8) is 0 Å². The number of amides is 2. The van der Waals surface area contributed by atoms with Gasteiger partial charge in [-0.25, -0.2) is 9.18 Å². The van der Waals surface area contributed by atoms with Crippen molar-refractivity contribution in [2.75, 3.05) is 20.7 Å². The third kappa shape index (κ3) is 4.34. The average Bonchev–Trinajstić information content (AvgIpc) is 2.47. The lowest BCUT2D eigenvalue weighted by Crippen LogP contribution is -2.48. The van der Waals surface area contributed by atoms with Crippen LogP contribution < -0.4 is 10.1 Å². The van der Waals surface area contributed by atoms with Gasteiger partial charge in [-0.05, 0) is 36.5 Å². The van der Waals surface area contributed by atoms with E-state index in [-0.39, 0.29) is 42.5 Å². The van der Waals surface area contributed by atoms with E-state index >= 15 is 0 Å². The quantitative estimate of drug-likeness (QED) is 0.841. The van der Waals surface area contributed by atoms with Crippen LogP contribution in [0.25, 0.3) is 0 Å². The zero-order valence-electron chi connectivity index (χ0n) is 13.2. The molecule has 0 atom stereocenters. The molecular weight excluding hydrogens is 303 g/mol. The minimum absolute atomic E-state index is 0.0324. The first-order valence-corrected chi connectivity index (χ1v) is 7.47. The highest BCUT2D eigenvalue weighted by molar-refractivity contribution is 5.75. The summed E-state index contributed by atoms with van der Waals surface area (Å²) in [5, 5.41) is 11.5. The first-order valence-electron chi connectivity index (χ1n) is 7.47. The number of nitrogens with one attached hydrogen (secondary N) is 1. The van der Waals surface area contributed by atoms with Gasteiger partial charge in [-0.1, -0.05) is 6.07 Å². The van der Waals surface area contributed by atoms with Gasteiger partial charge in [-0.15, -0.1) is 0 Å². The zero-order valence-corrected chi connectivity index (χ0v) is 13.2. The number of aliphatic carboxylic acids is 1. The number of halogens is 1. The Balaban J connectivity index is 1.79. The highest BCUT2D eigenvalue weighted by atomic mass is 19.1. The Morgan fingerprint density at radius 3 is 2.70 bits per heavy atom. The molecule has 2 N–H and O–H groups in total. The molecule has 1 saturated carbocycles. The number of benzene rings is 1. The van der Waals surface area contributed by atoms with Crippen LogP contribution in [0.3, 0.4) is 0 Å². The van der Waals surface area contributed by atoms with E-state index in [1.807, 2.05) is 6.07 Å². The maximum Gasteiger partial charge on any atom is 0.317 e. The molecular formula is C16H21FN2O4. The van der Waals surface area contributed by atoms with Crippen molar-refractivity contribution in [2.45, 2.75) is 31.2 Å². The molecule has 0 heterocycles. The van der Waals surface area contributed by atoms with Crippen molar-refractivity contribution >= 4 is 12.0 Å². The maximum absolute atomic E-state index is 13.7. The Hall–Kier alpha value is -2.31. The normalized spacial score (nSPS) is 19.6. The van der Waals surface area contributed by atoms with E-state index in [0.717, 1.165) is 18.4 Å². The molecule has 0 aliphatic heterocycles. The van der Waals surface area contributed by atoms with Gasteiger partial charge < -0.3 is 20.1 Å². The fourth-order valence-corrected chi connectivity index (χ4v) is 2.59. The van der Waals surface area contributed by atoms with Gasteiger partial charge in [0, 0.05) is 19.6 Å². The summed E-state index contributed by atoms with van der Waals surface area (Å²) in [5.74, 6) is -0.885. The van der Waals surface area contributed by atoms with E-state index in [1.165, 1.54) is 18.1 Å². The number of carboxylic acids is 1. The smallest absolute Gasteiger partial charge is 0.317 e. The summed E-state index contributed by atoms with van der Waals surface area (Å²) in [5.41, 5.74) is 0.896. The first-order chi connectivity index (χ1) is 10.9. The number of urea groups is 1. The van der Waals surface area contributed by atoms with Gasteiger partial charge in [0.2, 0.25) is 0 Å². The first kappa shape index (κ1) is 17.1. The fourth-order valence-electron chi connectivity index (χ4n) is 2.59. The molecule has 0 bridgehead atoms. The average molecular weight is 324 g/mol. The maximum atomic E-state index is 13.7. The molecule has 0 aromatic heterocycles. The van der Waals surface area contributed by atoms with Gasteiger partial charge >= 0.3 is 12.0 Å². The Morgan fingerprint density at radius 2 is 2.13 bits per heavy atom. The van der Waals surface area contributed by atoms with E-state index in [4.69, 9.17) is 9.84 Å². The van der Waals surface area contributed by atoms with Crippen LogP contribution in [0.2, 0.25) is 0 Å². The molecule has 2 amide bonds. The predicted octanol–water partition coefficient (Wildman–Crippen LogP) is 2.20. The molecule has 6 nitrogen and oxygen atoms in total. The summed E-state index contributed by atoms with van der Waals surface area (Å²) in [7, 11) is 2.99. The Labute approximate surface area is 134 Å². The van der Waals surface area contributed by atoms with Crippen LogP contribution in [0.4, 0.5) is 9.18 Å². The Bertz CT molecular complexity index is 587. The third-order valence-corrected chi connectivity index (χ3v) is 4.12.